The summed E-state index contributed by atoms with van der Waals surface area (Å²) in [5, 5.41) is 2.87. The Morgan fingerprint density at radius 2 is 2.05 bits per heavy atom. The summed E-state index contributed by atoms with van der Waals surface area (Å²) in [5.41, 5.74) is 1.01. The number of hydrogen-bond donors (Lipinski definition) is 1. The van der Waals surface area contributed by atoms with Crippen LogP contribution in [0.4, 0.5) is 4.39 Å². The van der Waals surface area contributed by atoms with E-state index in [0.29, 0.717) is 23.7 Å². The van der Waals surface area contributed by atoms with Gasteiger partial charge in [0.05, 0.1) is 0 Å². The quantitative estimate of drug-likeness (QED) is 0.779. The number of aryl methyl sites for hydroxylation is 1. The van der Waals surface area contributed by atoms with Crippen LogP contribution in [0.5, 0.6) is 0 Å². The van der Waals surface area contributed by atoms with Crippen molar-refractivity contribution < 1.29 is 9.18 Å². The smallest absolute Gasteiger partial charge is 0.251 e. The SMILES string of the molecule is Cc1cc(C(=O)NCCCCN(C)C(C)C)ccc1F. The number of nitrogens with zero attached hydrogens (tertiary/aromatic N) is 1. The lowest BCUT2D eigenvalue weighted by Crippen LogP contribution is -2.29. The van der Waals surface area contributed by atoms with Crippen molar-refractivity contribution >= 4 is 5.91 Å². The molecule has 0 aliphatic rings. The maximum atomic E-state index is 13.1. The van der Waals surface area contributed by atoms with Gasteiger partial charge in [-0.05, 0) is 71.0 Å². The van der Waals surface area contributed by atoms with Crippen molar-refractivity contribution in [2.24, 2.45) is 0 Å². The molecular formula is C16H25FN2O. The van der Waals surface area contributed by atoms with E-state index in [2.05, 4.69) is 31.1 Å². The molecule has 4 heteroatoms. The predicted molar refractivity (Wildman–Crippen MR) is 80.5 cm³/mol. The van der Waals surface area contributed by atoms with Gasteiger partial charge in [-0.2, -0.15) is 0 Å². The van der Waals surface area contributed by atoms with Crippen LogP contribution in [0.25, 0.3) is 0 Å². The molecule has 1 N–H and O–H groups in total. The van der Waals surface area contributed by atoms with Crippen LogP contribution < -0.4 is 5.32 Å². The molecule has 3 nitrogen and oxygen atoms in total. The molecule has 0 radical (unpaired) electrons. The fraction of sp³-hybridized carbons (Fsp3) is 0.562. The maximum Gasteiger partial charge on any atom is 0.251 e. The average molecular weight is 280 g/mol. The summed E-state index contributed by atoms with van der Waals surface area (Å²) in [4.78, 5) is 14.2. The van der Waals surface area contributed by atoms with Crippen molar-refractivity contribution in [3.63, 3.8) is 0 Å². The molecule has 0 aliphatic carbocycles. The highest BCUT2D eigenvalue weighted by molar-refractivity contribution is 5.94. The van der Waals surface area contributed by atoms with Gasteiger partial charge >= 0.3 is 0 Å². The van der Waals surface area contributed by atoms with E-state index in [1.807, 2.05) is 0 Å². The summed E-state index contributed by atoms with van der Waals surface area (Å²) in [6.07, 6.45) is 2.00. The first kappa shape index (κ1) is 16.6. The van der Waals surface area contributed by atoms with E-state index in [1.54, 1.807) is 13.0 Å². The molecule has 0 aliphatic heterocycles. The Kier molecular flexibility index (Phi) is 6.65. The molecule has 1 aromatic carbocycles. The summed E-state index contributed by atoms with van der Waals surface area (Å²) in [6, 6.07) is 4.98. The molecule has 0 unspecified atom stereocenters. The summed E-state index contributed by atoms with van der Waals surface area (Å²) >= 11 is 0. The van der Waals surface area contributed by atoms with Crippen LogP contribution >= 0.6 is 0 Å². The summed E-state index contributed by atoms with van der Waals surface area (Å²) in [7, 11) is 2.10. The van der Waals surface area contributed by atoms with Crippen LogP contribution in [0.15, 0.2) is 18.2 Å². The van der Waals surface area contributed by atoms with Gasteiger partial charge in [-0.3, -0.25) is 4.79 Å². The lowest BCUT2D eigenvalue weighted by Gasteiger charge is -2.20. The van der Waals surface area contributed by atoms with E-state index < -0.39 is 0 Å². The molecule has 0 bridgehead atoms. The fourth-order valence-electron chi connectivity index (χ4n) is 1.83. The molecule has 1 rings (SSSR count). The molecule has 0 saturated heterocycles. The van der Waals surface area contributed by atoms with Crippen molar-refractivity contribution in [2.45, 2.75) is 39.7 Å². The Balaban J connectivity index is 2.28. The van der Waals surface area contributed by atoms with E-state index in [1.165, 1.54) is 12.1 Å². The molecule has 0 saturated carbocycles. The number of rotatable bonds is 7. The number of halogens is 1. The number of nitrogens with one attached hydrogen (secondary N) is 1. The van der Waals surface area contributed by atoms with Gasteiger partial charge in [0.2, 0.25) is 0 Å². The molecule has 0 heterocycles. The predicted octanol–water partition coefficient (Wildman–Crippen LogP) is 2.98. The topological polar surface area (TPSA) is 32.3 Å². The van der Waals surface area contributed by atoms with Crippen LogP contribution in [0.3, 0.4) is 0 Å². The number of carbonyl (C=O) groups is 1. The third-order valence-electron chi connectivity index (χ3n) is 3.52. The van der Waals surface area contributed by atoms with E-state index in [0.717, 1.165) is 19.4 Å². The van der Waals surface area contributed by atoms with Crippen LogP contribution in [0.2, 0.25) is 0 Å². The number of carbonyl (C=O) groups excluding carboxylic acids is 1. The highest BCUT2D eigenvalue weighted by atomic mass is 19.1. The van der Waals surface area contributed by atoms with E-state index in [9.17, 15) is 9.18 Å². The largest absolute Gasteiger partial charge is 0.352 e. The van der Waals surface area contributed by atoms with Gasteiger partial charge < -0.3 is 10.2 Å². The van der Waals surface area contributed by atoms with Gasteiger partial charge in [0.15, 0.2) is 0 Å². The zero-order chi connectivity index (χ0) is 15.1. The summed E-state index contributed by atoms with van der Waals surface area (Å²) in [5.74, 6) is -0.413. The van der Waals surface area contributed by atoms with Crippen molar-refractivity contribution in [3.05, 3.63) is 35.1 Å². The summed E-state index contributed by atoms with van der Waals surface area (Å²) < 4.78 is 13.1. The number of unbranched alkanes of at least 4 members (excludes halogenated alkanes) is 1. The highest BCUT2D eigenvalue weighted by Gasteiger charge is 2.07. The molecule has 0 spiro atoms. The highest BCUT2D eigenvalue weighted by Crippen LogP contribution is 2.09. The second-order valence-electron chi connectivity index (χ2n) is 5.50. The molecule has 0 fully saturated rings. The van der Waals surface area contributed by atoms with Gasteiger partial charge in [0.1, 0.15) is 5.82 Å². The van der Waals surface area contributed by atoms with Crippen molar-refractivity contribution in [2.75, 3.05) is 20.1 Å². The average Bonchev–Trinajstić information content (AvgIpc) is 2.40. The van der Waals surface area contributed by atoms with Crippen LogP contribution in [-0.4, -0.2) is 37.0 Å². The minimum atomic E-state index is -0.279. The van der Waals surface area contributed by atoms with E-state index in [4.69, 9.17) is 0 Å². The fourth-order valence-corrected chi connectivity index (χ4v) is 1.83. The Labute approximate surface area is 121 Å². The van der Waals surface area contributed by atoms with Gasteiger partial charge in [0, 0.05) is 18.2 Å². The zero-order valence-electron chi connectivity index (χ0n) is 12.9. The maximum absolute atomic E-state index is 13.1. The Morgan fingerprint density at radius 3 is 2.65 bits per heavy atom. The van der Waals surface area contributed by atoms with Gasteiger partial charge in [-0.25, -0.2) is 4.39 Å². The number of hydrogen-bond acceptors (Lipinski definition) is 2. The van der Waals surface area contributed by atoms with Crippen LogP contribution in [0, 0.1) is 12.7 Å². The molecular weight excluding hydrogens is 255 g/mol. The van der Waals surface area contributed by atoms with Crippen LogP contribution in [0.1, 0.15) is 42.6 Å². The normalized spacial score (nSPS) is 11.2. The van der Waals surface area contributed by atoms with Gasteiger partial charge in [0.25, 0.3) is 5.91 Å². The Bertz CT molecular complexity index is 446. The molecule has 0 aromatic heterocycles. The second-order valence-corrected chi connectivity index (χ2v) is 5.50. The third kappa shape index (κ3) is 5.29. The van der Waals surface area contributed by atoms with Crippen molar-refractivity contribution in [1.82, 2.24) is 10.2 Å². The lowest BCUT2D eigenvalue weighted by atomic mass is 10.1. The molecule has 0 atom stereocenters. The first-order valence-electron chi connectivity index (χ1n) is 7.16. The first-order chi connectivity index (χ1) is 9.41. The van der Waals surface area contributed by atoms with E-state index in [-0.39, 0.29) is 11.7 Å². The van der Waals surface area contributed by atoms with Crippen LogP contribution in [-0.2, 0) is 0 Å². The minimum absolute atomic E-state index is 0.134. The lowest BCUT2D eigenvalue weighted by molar-refractivity contribution is 0.0952. The van der Waals surface area contributed by atoms with Crippen molar-refractivity contribution in [3.8, 4) is 0 Å². The molecule has 112 valence electrons. The van der Waals surface area contributed by atoms with Crippen molar-refractivity contribution in [1.29, 1.82) is 0 Å². The van der Waals surface area contributed by atoms with Gasteiger partial charge in [-0.15, -0.1) is 0 Å². The monoisotopic (exact) mass is 280 g/mol. The summed E-state index contributed by atoms with van der Waals surface area (Å²) in [6.45, 7) is 7.68. The first-order valence-corrected chi connectivity index (χ1v) is 7.16. The van der Waals surface area contributed by atoms with E-state index >= 15 is 0 Å². The zero-order valence-corrected chi connectivity index (χ0v) is 12.9. The standard InChI is InChI=1S/C16H25FN2O/c1-12(2)19(4)10-6-5-9-18-16(20)14-7-8-15(17)13(3)11-14/h7-8,11-12H,5-6,9-10H2,1-4H3,(H,18,20). The minimum Gasteiger partial charge on any atom is -0.352 e. The Hall–Kier alpha value is -1.42. The second kappa shape index (κ2) is 8.00. The Morgan fingerprint density at radius 1 is 1.35 bits per heavy atom. The number of benzene rings is 1. The molecule has 20 heavy (non-hydrogen) atoms. The molecule has 1 aromatic rings. The third-order valence-corrected chi connectivity index (χ3v) is 3.52. The van der Waals surface area contributed by atoms with Gasteiger partial charge in [-0.1, -0.05) is 0 Å². The molecule has 1 amide bonds. The number of amides is 1.